The minimum Gasteiger partial charge on any atom is -0.496 e. The molecule has 0 saturated heterocycles. The third-order valence-electron chi connectivity index (χ3n) is 4.21. The summed E-state index contributed by atoms with van der Waals surface area (Å²) in [5.74, 6) is 1.93. The van der Waals surface area contributed by atoms with Gasteiger partial charge in [-0.3, -0.25) is 4.79 Å². The number of benzene rings is 1. The number of ether oxygens (including phenoxy) is 1. The number of carbonyl (C=O) groups is 1. The van der Waals surface area contributed by atoms with Gasteiger partial charge < -0.3 is 4.74 Å². The van der Waals surface area contributed by atoms with Crippen molar-refractivity contribution in [3.05, 3.63) is 28.8 Å². The predicted octanol–water partition coefficient (Wildman–Crippen LogP) is 3.93. The van der Waals surface area contributed by atoms with E-state index < -0.39 is 0 Å². The lowest BCUT2D eigenvalue weighted by Gasteiger charge is -2.17. The molecule has 1 aliphatic carbocycles. The molecular formula is C16H22O2. The van der Waals surface area contributed by atoms with Crippen LogP contribution >= 0.6 is 0 Å². The van der Waals surface area contributed by atoms with Gasteiger partial charge >= 0.3 is 0 Å². The molecule has 1 aromatic rings. The highest BCUT2D eigenvalue weighted by Crippen LogP contribution is 2.35. The Morgan fingerprint density at radius 3 is 2.50 bits per heavy atom. The summed E-state index contributed by atoms with van der Waals surface area (Å²) in [5.41, 5.74) is 2.95. The minimum atomic E-state index is 0.219. The third kappa shape index (κ3) is 2.29. The van der Waals surface area contributed by atoms with Gasteiger partial charge in [-0.15, -0.1) is 0 Å². The summed E-state index contributed by atoms with van der Waals surface area (Å²) in [7, 11) is 1.67. The highest BCUT2D eigenvalue weighted by molar-refractivity contribution is 5.99. The van der Waals surface area contributed by atoms with Crippen LogP contribution in [-0.2, 0) is 0 Å². The van der Waals surface area contributed by atoms with Crippen LogP contribution in [0.2, 0.25) is 0 Å². The van der Waals surface area contributed by atoms with Crippen LogP contribution in [0, 0.1) is 25.7 Å². The first-order chi connectivity index (χ1) is 8.54. The van der Waals surface area contributed by atoms with Crippen LogP contribution in [-0.4, -0.2) is 12.9 Å². The molecule has 2 heteroatoms. The molecule has 1 aliphatic rings. The number of rotatable bonds is 3. The van der Waals surface area contributed by atoms with E-state index in [2.05, 4.69) is 6.92 Å². The highest BCUT2D eigenvalue weighted by Gasteiger charge is 2.31. The lowest BCUT2D eigenvalue weighted by molar-refractivity contribution is 0.0896. The molecule has 2 nitrogen and oxygen atoms in total. The predicted molar refractivity (Wildman–Crippen MR) is 73.3 cm³/mol. The quantitative estimate of drug-likeness (QED) is 0.755. The van der Waals surface area contributed by atoms with Crippen LogP contribution < -0.4 is 4.74 Å². The zero-order chi connectivity index (χ0) is 13.3. The monoisotopic (exact) mass is 246 g/mol. The average Bonchev–Trinajstić information content (AvgIpc) is 2.77. The normalized spacial score (nSPS) is 23.1. The molecule has 0 aromatic heterocycles. The molecular weight excluding hydrogens is 224 g/mol. The van der Waals surface area contributed by atoms with Gasteiger partial charge in [-0.1, -0.05) is 13.3 Å². The van der Waals surface area contributed by atoms with Gasteiger partial charge in [-0.25, -0.2) is 0 Å². The number of aryl methyl sites for hydroxylation is 2. The van der Waals surface area contributed by atoms with Crippen molar-refractivity contribution < 1.29 is 9.53 Å². The van der Waals surface area contributed by atoms with E-state index in [0.717, 1.165) is 28.9 Å². The molecule has 0 bridgehead atoms. The third-order valence-corrected chi connectivity index (χ3v) is 4.21. The van der Waals surface area contributed by atoms with Crippen LogP contribution in [0.15, 0.2) is 12.1 Å². The second-order valence-electron chi connectivity index (χ2n) is 5.52. The van der Waals surface area contributed by atoms with E-state index in [1.807, 2.05) is 26.0 Å². The number of ketones is 1. The molecule has 98 valence electrons. The summed E-state index contributed by atoms with van der Waals surface area (Å²) >= 11 is 0. The maximum Gasteiger partial charge on any atom is 0.166 e. The van der Waals surface area contributed by atoms with E-state index in [9.17, 15) is 4.79 Å². The van der Waals surface area contributed by atoms with Crippen molar-refractivity contribution in [3.8, 4) is 5.75 Å². The molecule has 2 unspecified atom stereocenters. The zero-order valence-corrected chi connectivity index (χ0v) is 11.7. The van der Waals surface area contributed by atoms with Crippen molar-refractivity contribution in [2.75, 3.05) is 7.11 Å². The molecule has 1 fully saturated rings. The van der Waals surface area contributed by atoms with Gasteiger partial charge in [0.25, 0.3) is 0 Å². The second kappa shape index (κ2) is 5.13. The summed E-state index contributed by atoms with van der Waals surface area (Å²) < 4.78 is 5.30. The molecule has 0 spiro atoms. The van der Waals surface area contributed by atoms with E-state index in [1.165, 1.54) is 12.8 Å². The number of carbonyl (C=O) groups excluding carboxylic acids is 1. The van der Waals surface area contributed by atoms with E-state index in [0.29, 0.717) is 11.7 Å². The van der Waals surface area contributed by atoms with Crippen molar-refractivity contribution >= 4 is 5.78 Å². The standard InChI is InChI=1S/C16H22O2/c1-10-6-5-7-13(10)16(17)14-8-12(3)15(18-4)9-11(14)2/h8-10,13H,5-7H2,1-4H3. The highest BCUT2D eigenvalue weighted by atomic mass is 16.5. The van der Waals surface area contributed by atoms with E-state index in [-0.39, 0.29) is 5.92 Å². The summed E-state index contributed by atoms with van der Waals surface area (Å²) in [4.78, 5) is 12.6. The first-order valence-corrected chi connectivity index (χ1v) is 6.74. The Bertz CT molecular complexity index is 462. The summed E-state index contributed by atoms with van der Waals surface area (Å²) in [6.45, 7) is 6.18. The largest absolute Gasteiger partial charge is 0.496 e. The summed E-state index contributed by atoms with van der Waals surface area (Å²) in [5, 5.41) is 0. The molecule has 2 atom stereocenters. The number of Topliss-reactive ketones (excluding diaryl/α,β-unsaturated/α-hetero) is 1. The van der Waals surface area contributed by atoms with E-state index in [4.69, 9.17) is 4.74 Å². The molecule has 0 amide bonds. The Kier molecular flexibility index (Phi) is 3.74. The molecule has 0 aliphatic heterocycles. The lowest BCUT2D eigenvalue weighted by Crippen LogP contribution is -2.18. The Morgan fingerprint density at radius 1 is 1.22 bits per heavy atom. The van der Waals surface area contributed by atoms with Gasteiger partial charge in [0.1, 0.15) is 5.75 Å². The molecule has 1 aromatic carbocycles. The zero-order valence-electron chi connectivity index (χ0n) is 11.7. The fourth-order valence-corrected chi connectivity index (χ4v) is 3.01. The van der Waals surface area contributed by atoms with Gasteiger partial charge in [0, 0.05) is 11.5 Å². The molecule has 18 heavy (non-hydrogen) atoms. The van der Waals surface area contributed by atoms with Gasteiger partial charge in [0.2, 0.25) is 0 Å². The average molecular weight is 246 g/mol. The van der Waals surface area contributed by atoms with Crippen LogP contribution in [0.5, 0.6) is 5.75 Å². The topological polar surface area (TPSA) is 26.3 Å². The number of hydrogen-bond acceptors (Lipinski definition) is 2. The van der Waals surface area contributed by atoms with Crippen molar-refractivity contribution in [1.82, 2.24) is 0 Å². The second-order valence-corrected chi connectivity index (χ2v) is 5.52. The Balaban J connectivity index is 2.33. The minimum absolute atomic E-state index is 0.219. The van der Waals surface area contributed by atoms with Crippen molar-refractivity contribution in [3.63, 3.8) is 0 Å². The van der Waals surface area contributed by atoms with E-state index in [1.54, 1.807) is 7.11 Å². The first kappa shape index (κ1) is 13.1. The van der Waals surface area contributed by atoms with Gasteiger partial charge in [0.05, 0.1) is 7.11 Å². The maximum absolute atomic E-state index is 12.6. The molecule has 2 rings (SSSR count). The molecule has 0 radical (unpaired) electrons. The summed E-state index contributed by atoms with van der Waals surface area (Å²) in [6, 6.07) is 3.96. The van der Waals surface area contributed by atoms with Crippen molar-refractivity contribution in [2.45, 2.75) is 40.0 Å². The Hall–Kier alpha value is -1.31. The number of methoxy groups -OCH3 is 1. The fraction of sp³-hybridized carbons (Fsp3) is 0.562. The molecule has 0 heterocycles. The van der Waals surface area contributed by atoms with Gasteiger partial charge in [-0.05, 0) is 55.9 Å². The van der Waals surface area contributed by atoms with Crippen LogP contribution in [0.25, 0.3) is 0 Å². The van der Waals surface area contributed by atoms with Crippen molar-refractivity contribution in [1.29, 1.82) is 0 Å². The van der Waals surface area contributed by atoms with Crippen LogP contribution in [0.3, 0.4) is 0 Å². The van der Waals surface area contributed by atoms with Crippen LogP contribution in [0.4, 0.5) is 0 Å². The SMILES string of the molecule is COc1cc(C)c(C(=O)C2CCCC2C)cc1C. The van der Waals surface area contributed by atoms with Crippen LogP contribution in [0.1, 0.15) is 47.7 Å². The van der Waals surface area contributed by atoms with E-state index >= 15 is 0 Å². The number of hydrogen-bond donors (Lipinski definition) is 0. The van der Waals surface area contributed by atoms with Gasteiger partial charge in [0.15, 0.2) is 5.78 Å². The van der Waals surface area contributed by atoms with Gasteiger partial charge in [-0.2, -0.15) is 0 Å². The van der Waals surface area contributed by atoms with Crippen molar-refractivity contribution in [2.24, 2.45) is 11.8 Å². The Labute approximate surface area is 109 Å². The summed E-state index contributed by atoms with van der Waals surface area (Å²) in [6.07, 6.45) is 3.42. The Morgan fingerprint density at radius 2 is 1.94 bits per heavy atom. The first-order valence-electron chi connectivity index (χ1n) is 6.74. The smallest absolute Gasteiger partial charge is 0.166 e. The fourth-order valence-electron chi connectivity index (χ4n) is 3.01. The molecule has 1 saturated carbocycles. The maximum atomic E-state index is 12.6. The lowest BCUT2D eigenvalue weighted by atomic mass is 9.87. The molecule has 0 N–H and O–H groups in total.